The Bertz CT molecular complexity index is 1040. The van der Waals surface area contributed by atoms with Gasteiger partial charge in [0.1, 0.15) is 16.3 Å². The fraction of sp³-hybridized carbons (Fsp3) is 0.0625. The molecular weight excluding hydrogens is 362 g/mol. The molecule has 0 atom stereocenters. The predicted molar refractivity (Wildman–Crippen MR) is 86.9 cm³/mol. The van der Waals surface area contributed by atoms with Gasteiger partial charge in [-0.2, -0.15) is 0 Å². The van der Waals surface area contributed by atoms with Crippen molar-refractivity contribution in [3.05, 3.63) is 51.8 Å². The van der Waals surface area contributed by atoms with Crippen molar-refractivity contribution in [3.63, 3.8) is 0 Å². The molecule has 0 saturated carbocycles. The molecule has 1 saturated heterocycles. The normalized spacial score (nSPS) is 17.4. The second-order valence-corrected chi connectivity index (χ2v) is 5.43. The number of rotatable bonds is 3. The van der Waals surface area contributed by atoms with Crippen molar-refractivity contribution in [2.24, 2.45) is 0 Å². The topological polar surface area (TPSA) is 141 Å². The number of imide groups is 2. The van der Waals surface area contributed by atoms with Crippen LogP contribution >= 0.6 is 0 Å². The summed E-state index contributed by atoms with van der Waals surface area (Å²) in [6, 6.07) is 5.77. The highest BCUT2D eigenvalue weighted by Crippen LogP contribution is 2.36. The molecule has 0 unspecified atom stereocenters. The second kappa shape index (κ2) is 5.98. The van der Waals surface area contributed by atoms with Crippen LogP contribution < -0.4 is 19.7 Å². The van der Waals surface area contributed by atoms with Crippen LogP contribution in [0.2, 0.25) is 0 Å². The van der Waals surface area contributed by atoms with E-state index >= 15 is 0 Å². The number of urea groups is 1. The Balaban J connectivity index is 1.70. The molecule has 0 bridgehead atoms. The number of nitrogens with zero attached hydrogens (tertiary/aromatic N) is 2. The monoisotopic (exact) mass is 371 g/mol. The minimum Gasteiger partial charge on any atom is -0.454 e. The smallest absolute Gasteiger partial charge is 0.433 e. The van der Waals surface area contributed by atoms with Crippen LogP contribution in [0.3, 0.4) is 0 Å². The number of amides is 4. The van der Waals surface area contributed by atoms with Gasteiger partial charge in [-0.1, -0.05) is 0 Å². The van der Waals surface area contributed by atoms with Crippen molar-refractivity contribution in [1.82, 2.24) is 5.32 Å². The highest BCUT2D eigenvalue weighted by Gasteiger charge is 2.37. The lowest BCUT2D eigenvalue weighted by molar-refractivity contribution is -0.402. The van der Waals surface area contributed by atoms with E-state index in [0.29, 0.717) is 11.5 Å². The van der Waals surface area contributed by atoms with Crippen molar-refractivity contribution in [2.45, 2.75) is 0 Å². The first kappa shape index (κ1) is 16.3. The average molecular weight is 371 g/mol. The molecule has 11 nitrogen and oxygen atoms in total. The molecule has 27 heavy (non-hydrogen) atoms. The number of carbonyl (C=O) groups is 3. The maximum absolute atomic E-state index is 12.7. The number of hydrogen-bond acceptors (Lipinski definition) is 8. The summed E-state index contributed by atoms with van der Waals surface area (Å²) in [5.41, 5.74) is -0.262. The van der Waals surface area contributed by atoms with Crippen LogP contribution in [-0.2, 0) is 9.59 Å². The Morgan fingerprint density at radius 3 is 2.63 bits per heavy atom. The molecule has 3 heterocycles. The van der Waals surface area contributed by atoms with Crippen molar-refractivity contribution < 1.29 is 33.2 Å². The van der Waals surface area contributed by atoms with Crippen LogP contribution in [0, 0.1) is 10.1 Å². The summed E-state index contributed by atoms with van der Waals surface area (Å²) in [7, 11) is 0. The minimum atomic E-state index is -0.943. The predicted octanol–water partition coefficient (Wildman–Crippen LogP) is 1.58. The van der Waals surface area contributed by atoms with Crippen LogP contribution in [0.25, 0.3) is 6.08 Å². The maximum Gasteiger partial charge on any atom is 0.433 e. The standard InChI is InChI=1S/C16H9N3O8/c20-14-10(6-9-2-4-13(27-9)19(23)24)15(21)18(16(22)17-14)8-1-3-11-12(5-8)26-7-25-11/h1-6H,7H2,(H,17,20,22)/b10-6-. The first-order valence-electron chi connectivity index (χ1n) is 7.49. The molecule has 1 fully saturated rings. The zero-order chi connectivity index (χ0) is 19.1. The number of benzene rings is 1. The number of nitrogens with one attached hydrogen (secondary N) is 1. The molecule has 4 amide bonds. The van der Waals surface area contributed by atoms with E-state index in [2.05, 4.69) is 0 Å². The van der Waals surface area contributed by atoms with Crippen molar-refractivity contribution in [1.29, 1.82) is 0 Å². The molecule has 136 valence electrons. The number of ether oxygens (including phenoxy) is 2. The third-order valence-electron chi connectivity index (χ3n) is 3.80. The number of barbiturate groups is 1. The van der Waals surface area contributed by atoms with E-state index in [4.69, 9.17) is 13.9 Å². The zero-order valence-corrected chi connectivity index (χ0v) is 13.3. The Labute approximate surface area is 149 Å². The quantitative estimate of drug-likeness (QED) is 0.371. The second-order valence-electron chi connectivity index (χ2n) is 5.43. The largest absolute Gasteiger partial charge is 0.454 e. The average Bonchev–Trinajstić information content (AvgIpc) is 3.27. The van der Waals surface area contributed by atoms with Gasteiger partial charge in [0.2, 0.25) is 6.79 Å². The first-order chi connectivity index (χ1) is 12.9. The van der Waals surface area contributed by atoms with Crippen molar-refractivity contribution in [2.75, 3.05) is 11.7 Å². The summed E-state index contributed by atoms with van der Waals surface area (Å²) in [6.45, 7) is 0.0137. The van der Waals surface area contributed by atoms with Gasteiger partial charge in [-0.3, -0.25) is 25.0 Å². The number of anilines is 1. The summed E-state index contributed by atoms with van der Waals surface area (Å²) >= 11 is 0. The molecule has 1 N–H and O–H groups in total. The van der Waals surface area contributed by atoms with Crippen LogP contribution in [0.1, 0.15) is 5.76 Å². The summed E-state index contributed by atoms with van der Waals surface area (Å²) in [5.74, 6) is -1.69. The van der Waals surface area contributed by atoms with Gasteiger partial charge in [-0.05, 0) is 24.3 Å². The molecule has 2 aliphatic rings. The van der Waals surface area contributed by atoms with Gasteiger partial charge in [0, 0.05) is 6.07 Å². The Hall–Kier alpha value is -4.15. The van der Waals surface area contributed by atoms with Gasteiger partial charge < -0.3 is 13.9 Å². The summed E-state index contributed by atoms with van der Waals surface area (Å²) < 4.78 is 15.3. The summed E-state index contributed by atoms with van der Waals surface area (Å²) in [6.07, 6.45) is 1.02. The van der Waals surface area contributed by atoms with Gasteiger partial charge in [-0.25, -0.2) is 9.69 Å². The number of hydrogen-bond donors (Lipinski definition) is 1. The summed E-state index contributed by atoms with van der Waals surface area (Å²) in [4.78, 5) is 47.6. The zero-order valence-electron chi connectivity index (χ0n) is 13.3. The van der Waals surface area contributed by atoms with E-state index in [9.17, 15) is 24.5 Å². The van der Waals surface area contributed by atoms with E-state index in [1.54, 1.807) is 0 Å². The van der Waals surface area contributed by atoms with Crippen LogP contribution in [0.5, 0.6) is 11.5 Å². The van der Waals surface area contributed by atoms with Crippen LogP contribution in [0.4, 0.5) is 16.4 Å². The molecule has 1 aromatic carbocycles. The highest BCUT2D eigenvalue weighted by atomic mass is 16.7. The van der Waals surface area contributed by atoms with Crippen molar-refractivity contribution in [3.8, 4) is 11.5 Å². The Morgan fingerprint density at radius 2 is 1.89 bits per heavy atom. The van der Waals surface area contributed by atoms with E-state index in [-0.39, 0.29) is 18.2 Å². The fourth-order valence-corrected chi connectivity index (χ4v) is 2.58. The van der Waals surface area contributed by atoms with E-state index < -0.39 is 34.2 Å². The van der Waals surface area contributed by atoms with E-state index in [1.165, 1.54) is 24.3 Å². The molecule has 0 aliphatic carbocycles. The minimum absolute atomic E-state index is 0.0137. The lowest BCUT2D eigenvalue weighted by atomic mass is 10.1. The van der Waals surface area contributed by atoms with Gasteiger partial charge >= 0.3 is 11.9 Å². The summed E-state index contributed by atoms with van der Waals surface area (Å²) in [5, 5.41) is 12.7. The molecular formula is C16H9N3O8. The lowest BCUT2D eigenvalue weighted by Crippen LogP contribution is -2.54. The lowest BCUT2D eigenvalue weighted by Gasteiger charge is -2.26. The number of fused-ring (bicyclic) bond motifs is 1. The number of carbonyl (C=O) groups excluding carboxylic acids is 3. The molecule has 0 radical (unpaired) electrons. The van der Waals surface area contributed by atoms with Crippen LogP contribution in [-0.4, -0.2) is 29.6 Å². The number of nitro groups is 1. The molecule has 2 aromatic rings. The first-order valence-corrected chi connectivity index (χ1v) is 7.49. The Kier molecular flexibility index (Phi) is 3.62. The molecule has 0 spiro atoms. The van der Waals surface area contributed by atoms with Gasteiger partial charge in [0.15, 0.2) is 11.5 Å². The van der Waals surface area contributed by atoms with E-state index in [0.717, 1.165) is 17.0 Å². The van der Waals surface area contributed by atoms with Crippen molar-refractivity contribution >= 4 is 35.5 Å². The Morgan fingerprint density at radius 1 is 1.11 bits per heavy atom. The molecule has 11 heteroatoms. The maximum atomic E-state index is 12.7. The molecule has 4 rings (SSSR count). The van der Waals surface area contributed by atoms with E-state index in [1.807, 2.05) is 5.32 Å². The molecule has 2 aliphatic heterocycles. The fourth-order valence-electron chi connectivity index (χ4n) is 2.58. The third-order valence-corrected chi connectivity index (χ3v) is 3.80. The third kappa shape index (κ3) is 2.76. The van der Waals surface area contributed by atoms with Gasteiger partial charge in [-0.15, -0.1) is 0 Å². The number of furan rings is 1. The highest BCUT2D eigenvalue weighted by molar-refractivity contribution is 6.39. The van der Waals surface area contributed by atoms with Gasteiger partial charge in [0.05, 0.1) is 11.8 Å². The SMILES string of the molecule is O=C1NC(=O)N(c2ccc3c(c2)OCO3)C(=O)/C1=C\c1ccc([N+](=O)[O-])o1. The van der Waals surface area contributed by atoms with Gasteiger partial charge in [0.25, 0.3) is 11.8 Å². The van der Waals surface area contributed by atoms with Crippen LogP contribution in [0.15, 0.2) is 40.3 Å². The molecule has 1 aromatic heterocycles.